The Morgan fingerprint density at radius 2 is 1.89 bits per heavy atom. The van der Waals surface area contributed by atoms with Gasteiger partial charge in [-0.2, -0.15) is 4.37 Å². The lowest BCUT2D eigenvalue weighted by Crippen LogP contribution is -2.17. The summed E-state index contributed by atoms with van der Waals surface area (Å²) >= 11 is 1.44. The molecule has 2 rings (SSSR count). The van der Waals surface area contributed by atoms with Crippen LogP contribution in [0.3, 0.4) is 0 Å². The summed E-state index contributed by atoms with van der Waals surface area (Å²) in [5.41, 5.74) is 8.16. The maximum Gasteiger partial charge on any atom is 0.147 e. The Labute approximate surface area is 119 Å². The van der Waals surface area contributed by atoms with Gasteiger partial charge < -0.3 is 11.1 Å². The summed E-state index contributed by atoms with van der Waals surface area (Å²) < 4.78 is 4.28. The van der Waals surface area contributed by atoms with Crippen molar-refractivity contribution in [2.24, 2.45) is 5.92 Å². The van der Waals surface area contributed by atoms with E-state index in [9.17, 15) is 0 Å². The first-order chi connectivity index (χ1) is 9.08. The van der Waals surface area contributed by atoms with E-state index < -0.39 is 0 Å². The highest BCUT2D eigenvalue weighted by Gasteiger charge is 2.15. The molecule has 19 heavy (non-hydrogen) atoms. The van der Waals surface area contributed by atoms with E-state index in [1.807, 2.05) is 18.2 Å². The summed E-state index contributed by atoms with van der Waals surface area (Å²) in [6.07, 6.45) is 1.13. The largest absolute Gasteiger partial charge is 0.382 e. The Morgan fingerprint density at radius 1 is 1.21 bits per heavy atom. The number of aromatic nitrogens is 1. The molecule has 1 aromatic heterocycles. The maximum absolute atomic E-state index is 6.01. The quantitative estimate of drug-likeness (QED) is 0.858. The van der Waals surface area contributed by atoms with Crippen molar-refractivity contribution in [3.8, 4) is 11.1 Å². The summed E-state index contributed by atoms with van der Waals surface area (Å²) in [4.78, 5) is 0. The molecule has 1 heterocycles. The molecule has 102 valence electrons. The monoisotopic (exact) mass is 275 g/mol. The van der Waals surface area contributed by atoms with Crippen LogP contribution in [0.2, 0.25) is 0 Å². The molecule has 0 spiro atoms. The number of nitrogens with zero attached hydrogens (tertiary/aromatic N) is 1. The van der Waals surface area contributed by atoms with Crippen LogP contribution >= 0.6 is 11.5 Å². The molecule has 0 aliphatic heterocycles. The molecule has 1 aromatic carbocycles. The van der Waals surface area contributed by atoms with Gasteiger partial charge in [0.1, 0.15) is 10.8 Å². The van der Waals surface area contributed by atoms with E-state index in [0.717, 1.165) is 22.5 Å². The molecule has 4 heteroatoms. The van der Waals surface area contributed by atoms with Crippen molar-refractivity contribution in [3.63, 3.8) is 0 Å². The first kappa shape index (κ1) is 13.9. The van der Waals surface area contributed by atoms with Gasteiger partial charge >= 0.3 is 0 Å². The number of nitrogen functional groups attached to an aromatic ring is 1. The van der Waals surface area contributed by atoms with Crippen molar-refractivity contribution in [2.75, 3.05) is 11.1 Å². The second-order valence-corrected chi connectivity index (χ2v) is 6.09. The van der Waals surface area contributed by atoms with E-state index >= 15 is 0 Å². The molecule has 2 aromatic rings. The first-order valence-corrected chi connectivity index (χ1v) is 7.42. The lowest BCUT2D eigenvalue weighted by molar-refractivity contribution is 0.540. The zero-order valence-electron chi connectivity index (χ0n) is 11.7. The number of anilines is 2. The molecule has 0 radical (unpaired) electrons. The predicted octanol–water partition coefficient (Wildman–Crippen LogP) is 4.24. The first-order valence-electron chi connectivity index (χ1n) is 6.65. The predicted molar refractivity (Wildman–Crippen MR) is 84.5 cm³/mol. The molecular formula is C15H21N3S. The minimum absolute atomic E-state index is 0.419. The molecule has 1 unspecified atom stereocenters. The zero-order chi connectivity index (χ0) is 13.8. The highest BCUT2D eigenvalue weighted by molar-refractivity contribution is 7.11. The Kier molecular flexibility index (Phi) is 4.43. The average Bonchev–Trinajstić information content (AvgIpc) is 2.70. The zero-order valence-corrected chi connectivity index (χ0v) is 12.5. The molecule has 0 bridgehead atoms. The summed E-state index contributed by atoms with van der Waals surface area (Å²) in [5.74, 6) is 1.28. The number of nitrogens with one attached hydrogen (secondary N) is 1. The fourth-order valence-electron chi connectivity index (χ4n) is 2.27. The average molecular weight is 275 g/mol. The molecular weight excluding hydrogens is 254 g/mol. The Bertz CT molecular complexity index is 519. The van der Waals surface area contributed by atoms with Gasteiger partial charge in [0.05, 0.1) is 5.56 Å². The molecule has 0 saturated carbocycles. The van der Waals surface area contributed by atoms with E-state index in [2.05, 4.69) is 42.6 Å². The highest BCUT2D eigenvalue weighted by Crippen LogP contribution is 2.37. The third kappa shape index (κ3) is 3.47. The third-order valence-corrected chi connectivity index (χ3v) is 3.78. The van der Waals surface area contributed by atoms with Crippen molar-refractivity contribution in [1.82, 2.24) is 4.37 Å². The normalized spacial score (nSPS) is 12.6. The van der Waals surface area contributed by atoms with Crippen LogP contribution in [0.4, 0.5) is 10.8 Å². The summed E-state index contributed by atoms with van der Waals surface area (Å²) in [7, 11) is 0. The highest BCUT2D eigenvalue weighted by atomic mass is 32.1. The van der Waals surface area contributed by atoms with Gasteiger partial charge in [0.25, 0.3) is 0 Å². The van der Waals surface area contributed by atoms with Gasteiger partial charge in [-0.05, 0) is 36.4 Å². The van der Waals surface area contributed by atoms with Crippen LogP contribution in [0.25, 0.3) is 11.1 Å². The number of rotatable bonds is 5. The maximum atomic E-state index is 6.01. The van der Waals surface area contributed by atoms with Crippen molar-refractivity contribution in [2.45, 2.75) is 33.2 Å². The van der Waals surface area contributed by atoms with Crippen LogP contribution in [0.5, 0.6) is 0 Å². The van der Waals surface area contributed by atoms with E-state index in [1.165, 1.54) is 11.5 Å². The van der Waals surface area contributed by atoms with Crippen molar-refractivity contribution in [1.29, 1.82) is 0 Å². The van der Waals surface area contributed by atoms with Crippen LogP contribution in [0.1, 0.15) is 27.2 Å². The van der Waals surface area contributed by atoms with Gasteiger partial charge in [-0.15, -0.1) is 0 Å². The molecule has 0 aliphatic carbocycles. The number of hydrogen-bond acceptors (Lipinski definition) is 4. The number of benzene rings is 1. The van der Waals surface area contributed by atoms with Crippen LogP contribution in [0.15, 0.2) is 30.3 Å². The minimum Gasteiger partial charge on any atom is -0.382 e. The summed E-state index contributed by atoms with van der Waals surface area (Å²) in [6.45, 7) is 6.67. The molecule has 3 N–H and O–H groups in total. The Morgan fingerprint density at radius 3 is 2.53 bits per heavy atom. The van der Waals surface area contributed by atoms with E-state index in [0.29, 0.717) is 17.8 Å². The molecule has 3 nitrogen and oxygen atoms in total. The van der Waals surface area contributed by atoms with Gasteiger partial charge in [0.15, 0.2) is 0 Å². The van der Waals surface area contributed by atoms with Gasteiger partial charge in [-0.25, -0.2) is 0 Å². The van der Waals surface area contributed by atoms with E-state index in [1.54, 1.807) is 0 Å². The van der Waals surface area contributed by atoms with Crippen LogP contribution < -0.4 is 11.1 Å². The van der Waals surface area contributed by atoms with E-state index in [4.69, 9.17) is 5.73 Å². The van der Waals surface area contributed by atoms with Crippen molar-refractivity contribution in [3.05, 3.63) is 30.3 Å². The number of hydrogen-bond donors (Lipinski definition) is 2. The second kappa shape index (κ2) is 6.06. The Hall–Kier alpha value is -1.55. The van der Waals surface area contributed by atoms with E-state index in [-0.39, 0.29) is 0 Å². The fraction of sp³-hybridized carbons (Fsp3) is 0.400. The SMILES string of the molecule is CC(C)CC(C)Nc1snc(N)c1-c1ccccc1. The third-order valence-electron chi connectivity index (χ3n) is 2.98. The molecule has 1 atom stereocenters. The van der Waals surface area contributed by atoms with Crippen LogP contribution in [-0.4, -0.2) is 10.4 Å². The van der Waals surface area contributed by atoms with Gasteiger partial charge in [-0.1, -0.05) is 44.2 Å². The van der Waals surface area contributed by atoms with Gasteiger partial charge in [0.2, 0.25) is 0 Å². The number of nitrogens with two attached hydrogens (primary N) is 1. The molecule has 0 amide bonds. The van der Waals surface area contributed by atoms with Gasteiger partial charge in [-0.3, -0.25) is 0 Å². The summed E-state index contributed by atoms with van der Waals surface area (Å²) in [5, 5.41) is 4.60. The fourth-order valence-corrected chi connectivity index (χ4v) is 3.12. The van der Waals surface area contributed by atoms with Gasteiger partial charge in [0, 0.05) is 6.04 Å². The second-order valence-electron chi connectivity index (χ2n) is 5.31. The molecule has 0 fully saturated rings. The smallest absolute Gasteiger partial charge is 0.147 e. The molecule has 0 saturated heterocycles. The topological polar surface area (TPSA) is 50.9 Å². The molecule has 0 aliphatic rings. The lowest BCUT2D eigenvalue weighted by Gasteiger charge is -2.17. The standard InChI is InChI=1S/C15H21N3S/c1-10(2)9-11(3)17-15-13(14(16)18-19-15)12-7-5-4-6-8-12/h4-8,10-11,17H,9H2,1-3H3,(H2,16,18). The van der Waals surface area contributed by atoms with Crippen molar-refractivity contribution < 1.29 is 0 Å². The summed E-state index contributed by atoms with van der Waals surface area (Å²) in [6, 6.07) is 10.6. The Balaban J connectivity index is 2.23. The minimum atomic E-state index is 0.419. The van der Waals surface area contributed by atoms with Crippen LogP contribution in [0, 0.1) is 5.92 Å². The van der Waals surface area contributed by atoms with Crippen LogP contribution in [-0.2, 0) is 0 Å². The van der Waals surface area contributed by atoms with Crippen molar-refractivity contribution >= 4 is 22.4 Å². The lowest BCUT2D eigenvalue weighted by atomic mass is 10.0.